The van der Waals surface area contributed by atoms with Gasteiger partial charge in [-0.15, -0.1) is 24.8 Å². The average Bonchev–Trinajstić information content (AvgIpc) is 2.88. The highest BCUT2D eigenvalue weighted by Gasteiger charge is 2.22. The molecule has 1 heterocycles. The number of benzene rings is 3. The Morgan fingerprint density at radius 1 is 0.842 bits per heavy atom. The third kappa shape index (κ3) is 9.79. The molecule has 0 amide bonds. The second-order valence-electron chi connectivity index (χ2n) is 9.53. The van der Waals surface area contributed by atoms with E-state index in [1.807, 2.05) is 24.3 Å². The van der Waals surface area contributed by atoms with Gasteiger partial charge in [-0.1, -0.05) is 24.3 Å². The van der Waals surface area contributed by atoms with E-state index in [0.717, 1.165) is 55.8 Å². The first-order valence-electron chi connectivity index (χ1n) is 12.6. The van der Waals surface area contributed by atoms with Crippen molar-refractivity contribution in [3.05, 3.63) is 101 Å². The van der Waals surface area contributed by atoms with Crippen molar-refractivity contribution >= 4 is 30.5 Å². The normalized spacial score (nSPS) is 16.4. The largest absolute Gasteiger partial charge is 0.391 e. The Hall–Kier alpha value is -2.29. The summed E-state index contributed by atoms with van der Waals surface area (Å²) < 4.78 is 40.0. The van der Waals surface area contributed by atoms with Crippen LogP contribution in [0.15, 0.2) is 72.8 Å². The fourth-order valence-electron chi connectivity index (χ4n) is 4.91. The molecule has 1 saturated heterocycles. The van der Waals surface area contributed by atoms with Crippen LogP contribution in [0.1, 0.15) is 36.3 Å². The number of nitrogens with one attached hydrogen (secondary N) is 2. The Morgan fingerprint density at radius 2 is 1.37 bits per heavy atom. The molecule has 2 unspecified atom stereocenters. The first-order chi connectivity index (χ1) is 17.5. The highest BCUT2D eigenvalue weighted by Crippen LogP contribution is 2.30. The zero-order valence-electron chi connectivity index (χ0n) is 21.2. The summed E-state index contributed by atoms with van der Waals surface area (Å²) in [6.07, 6.45) is 1.92. The van der Waals surface area contributed by atoms with Crippen molar-refractivity contribution in [3.8, 4) is 0 Å². The van der Waals surface area contributed by atoms with Gasteiger partial charge in [0.05, 0.1) is 6.10 Å². The molecule has 3 aromatic rings. The van der Waals surface area contributed by atoms with Gasteiger partial charge in [0, 0.05) is 43.8 Å². The van der Waals surface area contributed by atoms with E-state index in [2.05, 4.69) is 15.5 Å². The minimum atomic E-state index is -0.520. The molecule has 38 heavy (non-hydrogen) atoms. The number of aliphatic hydroxyl groups excluding tert-OH is 1. The number of hydrogen-bond donors (Lipinski definition) is 3. The molecule has 0 aliphatic carbocycles. The summed E-state index contributed by atoms with van der Waals surface area (Å²) in [7, 11) is 0. The Kier molecular flexibility index (Phi) is 13.4. The van der Waals surface area contributed by atoms with Crippen molar-refractivity contribution in [2.75, 3.05) is 38.0 Å². The number of hydrogen-bond acceptors (Lipinski definition) is 4. The molecule has 4 nitrogen and oxygen atoms in total. The maximum atomic E-state index is 13.5. The zero-order chi connectivity index (χ0) is 25.3. The molecule has 0 bridgehead atoms. The Morgan fingerprint density at radius 3 is 1.92 bits per heavy atom. The summed E-state index contributed by atoms with van der Waals surface area (Å²) in [5.41, 5.74) is 2.83. The van der Waals surface area contributed by atoms with Crippen LogP contribution in [-0.2, 0) is 0 Å². The van der Waals surface area contributed by atoms with Gasteiger partial charge in [0.25, 0.3) is 0 Å². The highest BCUT2D eigenvalue weighted by atomic mass is 35.5. The van der Waals surface area contributed by atoms with Gasteiger partial charge < -0.3 is 20.6 Å². The smallest absolute Gasteiger partial charge is 0.123 e. The van der Waals surface area contributed by atoms with Gasteiger partial charge in [-0.3, -0.25) is 0 Å². The predicted octanol–water partition coefficient (Wildman–Crippen LogP) is 6.00. The third-order valence-corrected chi connectivity index (χ3v) is 6.79. The van der Waals surface area contributed by atoms with Crippen LogP contribution in [0.2, 0.25) is 0 Å². The summed E-state index contributed by atoms with van der Waals surface area (Å²) in [5.74, 6) is -0.740. The maximum Gasteiger partial charge on any atom is 0.123 e. The molecular formula is C29H36Cl2F3N3O. The zero-order valence-corrected chi connectivity index (χ0v) is 22.8. The van der Waals surface area contributed by atoms with Crippen LogP contribution in [0.3, 0.4) is 0 Å². The van der Waals surface area contributed by atoms with Crippen LogP contribution in [0, 0.1) is 17.5 Å². The first-order valence-corrected chi connectivity index (χ1v) is 12.6. The highest BCUT2D eigenvalue weighted by molar-refractivity contribution is 5.85. The van der Waals surface area contributed by atoms with Gasteiger partial charge >= 0.3 is 0 Å². The van der Waals surface area contributed by atoms with Crippen molar-refractivity contribution in [2.45, 2.75) is 37.3 Å². The summed E-state index contributed by atoms with van der Waals surface area (Å²) in [6, 6.07) is 19.4. The van der Waals surface area contributed by atoms with E-state index in [1.54, 1.807) is 12.1 Å². The second-order valence-corrected chi connectivity index (χ2v) is 9.53. The van der Waals surface area contributed by atoms with Crippen LogP contribution in [-0.4, -0.2) is 54.9 Å². The molecule has 3 aromatic carbocycles. The lowest BCUT2D eigenvalue weighted by molar-refractivity contribution is 0.126. The average molecular weight is 571 g/mol. The van der Waals surface area contributed by atoms with E-state index < -0.39 is 6.10 Å². The topological polar surface area (TPSA) is 47.5 Å². The Labute approximate surface area is 235 Å². The molecule has 208 valence electrons. The number of anilines is 1. The molecule has 1 aliphatic heterocycles. The first kappa shape index (κ1) is 31.9. The molecule has 0 radical (unpaired) electrons. The van der Waals surface area contributed by atoms with Crippen molar-refractivity contribution in [2.24, 2.45) is 0 Å². The van der Waals surface area contributed by atoms with Crippen LogP contribution in [0.25, 0.3) is 0 Å². The van der Waals surface area contributed by atoms with E-state index in [-0.39, 0.29) is 54.2 Å². The molecular weight excluding hydrogens is 534 g/mol. The number of nitrogens with zero attached hydrogens (tertiary/aromatic N) is 1. The van der Waals surface area contributed by atoms with Crippen molar-refractivity contribution in [1.82, 2.24) is 10.2 Å². The predicted molar refractivity (Wildman–Crippen MR) is 152 cm³/mol. The number of aliphatic hydroxyl groups is 1. The van der Waals surface area contributed by atoms with Gasteiger partial charge in [-0.2, -0.15) is 0 Å². The second kappa shape index (κ2) is 16.0. The molecule has 1 aliphatic rings. The van der Waals surface area contributed by atoms with Crippen molar-refractivity contribution in [3.63, 3.8) is 0 Å². The van der Waals surface area contributed by atoms with E-state index in [1.165, 1.54) is 36.4 Å². The Balaban J connectivity index is 0.00000253. The lowest BCUT2D eigenvalue weighted by Crippen LogP contribution is -2.52. The SMILES string of the molecule is Cl.Cl.OC(CNc1ccc(F)cc1)CC1CN(CCCC(c2ccc(F)cc2)c2ccc(F)cc2)CCN1. The van der Waals surface area contributed by atoms with Crippen molar-refractivity contribution in [1.29, 1.82) is 0 Å². The van der Waals surface area contributed by atoms with Gasteiger partial charge in [0.15, 0.2) is 0 Å². The summed E-state index contributed by atoms with van der Waals surface area (Å²) in [4.78, 5) is 2.41. The summed E-state index contributed by atoms with van der Waals surface area (Å²) >= 11 is 0. The van der Waals surface area contributed by atoms with Crippen LogP contribution in [0.5, 0.6) is 0 Å². The van der Waals surface area contributed by atoms with Gasteiger partial charge in [0.1, 0.15) is 17.5 Å². The number of rotatable bonds is 11. The van der Waals surface area contributed by atoms with E-state index in [9.17, 15) is 18.3 Å². The third-order valence-electron chi connectivity index (χ3n) is 6.79. The maximum absolute atomic E-state index is 13.5. The number of halogens is 5. The molecule has 0 spiro atoms. The van der Waals surface area contributed by atoms with E-state index in [4.69, 9.17) is 0 Å². The standard InChI is InChI=1S/C29H34F3N3O.2ClH/c30-23-7-3-21(4-8-23)29(22-5-9-24(31)10-6-22)2-1-16-35-17-15-33-27(20-35)18-28(36)19-34-26-13-11-25(32)12-14-26;;/h3-14,27-29,33-34,36H,1-2,15-20H2;2*1H. The minimum Gasteiger partial charge on any atom is -0.391 e. The Bertz CT molecular complexity index is 1030. The quantitative estimate of drug-likeness (QED) is 0.265. The fourth-order valence-corrected chi connectivity index (χ4v) is 4.91. The fraction of sp³-hybridized carbons (Fsp3) is 0.379. The van der Waals surface area contributed by atoms with Gasteiger partial charge in [0.2, 0.25) is 0 Å². The van der Waals surface area contributed by atoms with Crippen molar-refractivity contribution < 1.29 is 18.3 Å². The molecule has 1 fully saturated rings. The van der Waals surface area contributed by atoms with Crippen LogP contribution < -0.4 is 10.6 Å². The van der Waals surface area contributed by atoms with Gasteiger partial charge in [-0.05, 0) is 85.5 Å². The molecule has 0 aromatic heterocycles. The van der Waals surface area contributed by atoms with Crippen LogP contribution >= 0.6 is 24.8 Å². The molecule has 3 N–H and O–H groups in total. The molecule has 9 heteroatoms. The lowest BCUT2D eigenvalue weighted by atomic mass is 9.87. The lowest BCUT2D eigenvalue weighted by Gasteiger charge is -2.35. The van der Waals surface area contributed by atoms with E-state index in [0.29, 0.717) is 13.0 Å². The summed E-state index contributed by atoms with van der Waals surface area (Å²) in [6.45, 7) is 3.98. The molecule has 0 saturated carbocycles. The van der Waals surface area contributed by atoms with E-state index >= 15 is 0 Å². The van der Waals surface area contributed by atoms with Gasteiger partial charge in [-0.25, -0.2) is 13.2 Å². The number of piperazine rings is 1. The minimum absolute atomic E-state index is 0. The van der Waals surface area contributed by atoms with Crippen LogP contribution in [0.4, 0.5) is 18.9 Å². The monoisotopic (exact) mass is 569 g/mol. The molecule has 4 rings (SSSR count). The molecule has 2 atom stereocenters. The summed E-state index contributed by atoms with van der Waals surface area (Å²) in [5, 5.41) is 17.1.